The molecule has 0 spiro atoms. The van der Waals surface area contributed by atoms with Crippen LogP contribution in [0.1, 0.15) is 44.1 Å². The molecule has 5 heteroatoms. The quantitative estimate of drug-likeness (QED) is 0.741. The minimum atomic E-state index is -0.291. The van der Waals surface area contributed by atoms with Crippen molar-refractivity contribution in [3.63, 3.8) is 0 Å². The first-order valence-electron chi connectivity index (χ1n) is 9.82. The molecule has 5 nitrogen and oxygen atoms in total. The third-order valence-corrected chi connectivity index (χ3v) is 5.09. The fraction of sp³-hybridized carbons (Fsp3) is 0.208. The molecule has 146 valence electrons. The Kier molecular flexibility index (Phi) is 5.38. The van der Waals surface area contributed by atoms with Gasteiger partial charge in [-0.2, -0.15) is 0 Å². The maximum Gasteiger partial charge on any atom is 0.276 e. The van der Waals surface area contributed by atoms with Crippen LogP contribution in [-0.2, 0) is 13.0 Å². The number of hydrogen-bond donors (Lipinski definition) is 1. The summed E-state index contributed by atoms with van der Waals surface area (Å²) in [6.45, 7) is 3.09. The van der Waals surface area contributed by atoms with Crippen molar-refractivity contribution >= 4 is 17.5 Å². The molecular weight excluding hydrogens is 362 g/mol. The Morgan fingerprint density at radius 3 is 2.66 bits per heavy atom. The molecule has 0 saturated carbocycles. The number of rotatable bonds is 4. The number of nitrogens with zero attached hydrogens (tertiary/aromatic N) is 2. The van der Waals surface area contributed by atoms with E-state index in [1.165, 1.54) is 5.56 Å². The molecule has 1 aliphatic rings. The molecule has 1 aromatic heterocycles. The van der Waals surface area contributed by atoms with E-state index in [0.29, 0.717) is 13.1 Å². The molecular formula is C24H23N3O2. The van der Waals surface area contributed by atoms with E-state index >= 15 is 0 Å². The third kappa shape index (κ3) is 4.19. The first-order valence-corrected chi connectivity index (χ1v) is 9.82. The summed E-state index contributed by atoms with van der Waals surface area (Å²) in [6, 6.07) is 20.9. The number of benzene rings is 2. The summed E-state index contributed by atoms with van der Waals surface area (Å²) < 4.78 is 0. The Hall–Kier alpha value is -3.47. The van der Waals surface area contributed by atoms with Crippen LogP contribution < -0.4 is 10.2 Å². The minimum absolute atomic E-state index is 0.175. The van der Waals surface area contributed by atoms with Gasteiger partial charge in [-0.3, -0.25) is 9.59 Å². The van der Waals surface area contributed by atoms with Gasteiger partial charge in [0.05, 0.1) is 0 Å². The van der Waals surface area contributed by atoms with Crippen LogP contribution >= 0.6 is 0 Å². The number of para-hydroxylation sites is 1. The summed E-state index contributed by atoms with van der Waals surface area (Å²) in [6.07, 6.45) is 1.88. The molecule has 2 amide bonds. The van der Waals surface area contributed by atoms with Crippen LogP contribution in [-0.4, -0.2) is 23.3 Å². The second-order valence-corrected chi connectivity index (χ2v) is 7.27. The summed E-state index contributed by atoms with van der Waals surface area (Å²) in [5.41, 5.74) is 4.79. The van der Waals surface area contributed by atoms with Gasteiger partial charge in [-0.15, -0.1) is 0 Å². The summed E-state index contributed by atoms with van der Waals surface area (Å²) >= 11 is 0. The number of nitrogens with one attached hydrogen (secondary N) is 1. The molecule has 4 rings (SSSR count). The molecule has 1 aliphatic heterocycles. The molecule has 29 heavy (non-hydrogen) atoms. The lowest BCUT2D eigenvalue weighted by molar-refractivity contribution is 0.0945. The second-order valence-electron chi connectivity index (χ2n) is 7.27. The van der Waals surface area contributed by atoms with E-state index in [4.69, 9.17) is 0 Å². The summed E-state index contributed by atoms with van der Waals surface area (Å²) in [7, 11) is 0. The van der Waals surface area contributed by atoms with Crippen LogP contribution in [0, 0.1) is 6.92 Å². The largest absolute Gasteiger partial charge is 0.347 e. The number of fused-ring (bicyclic) bond motifs is 1. The highest BCUT2D eigenvalue weighted by atomic mass is 16.2. The van der Waals surface area contributed by atoms with E-state index < -0.39 is 0 Å². The fourth-order valence-electron chi connectivity index (χ4n) is 3.66. The van der Waals surface area contributed by atoms with Crippen LogP contribution in [0.3, 0.4) is 0 Å². The highest BCUT2D eigenvalue weighted by Gasteiger charge is 2.24. The average Bonchev–Trinajstić information content (AvgIpc) is 2.76. The lowest BCUT2D eigenvalue weighted by atomic mass is 10.0. The molecule has 2 aromatic carbocycles. The Bertz CT molecular complexity index is 1060. The van der Waals surface area contributed by atoms with Gasteiger partial charge in [0.1, 0.15) is 11.4 Å². The van der Waals surface area contributed by atoms with Crippen molar-refractivity contribution in [1.29, 1.82) is 0 Å². The maximum atomic E-state index is 13.1. The van der Waals surface area contributed by atoms with Gasteiger partial charge in [-0.1, -0.05) is 54.1 Å². The van der Waals surface area contributed by atoms with Crippen LogP contribution in [0.2, 0.25) is 0 Å². The van der Waals surface area contributed by atoms with Gasteiger partial charge < -0.3 is 10.2 Å². The summed E-state index contributed by atoms with van der Waals surface area (Å²) in [4.78, 5) is 31.7. The molecule has 0 aliphatic carbocycles. The topological polar surface area (TPSA) is 62.3 Å². The number of aryl methyl sites for hydroxylation is 2. The number of anilines is 1. The van der Waals surface area contributed by atoms with E-state index in [0.717, 1.165) is 29.7 Å². The SMILES string of the molecule is Cc1cccc(CNC(=O)c2cccc(C(=O)N3CCCc4ccccc43)n2)c1. The molecule has 0 saturated heterocycles. The zero-order chi connectivity index (χ0) is 20.2. The first kappa shape index (κ1) is 18.9. The first-order chi connectivity index (χ1) is 14.1. The van der Waals surface area contributed by atoms with Gasteiger partial charge in [0.15, 0.2) is 0 Å². The van der Waals surface area contributed by atoms with Crippen molar-refractivity contribution in [2.24, 2.45) is 0 Å². The van der Waals surface area contributed by atoms with Crippen molar-refractivity contribution in [2.75, 3.05) is 11.4 Å². The molecule has 0 fully saturated rings. The smallest absolute Gasteiger partial charge is 0.276 e. The highest BCUT2D eigenvalue weighted by molar-refractivity contribution is 6.06. The maximum absolute atomic E-state index is 13.1. The number of aromatic nitrogens is 1. The van der Waals surface area contributed by atoms with Crippen LogP contribution in [0.4, 0.5) is 5.69 Å². The van der Waals surface area contributed by atoms with Gasteiger partial charge in [0.25, 0.3) is 11.8 Å². The third-order valence-electron chi connectivity index (χ3n) is 5.09. The zero-order valence-electron chi connectivity index (χ0n) is 16.4. The van der Waals surface area contributed by atoms with Gasteiger partial charge in [-0.05, 0) is 49.1 Å². The normalized spacial score (nSPS) is 12.9. The molecule has 1 N–H and O–H groups in total. The number of hydrogen-bond acceptors (Lipinski definition) is 3. The minimum Gasteiger partial charge on any atom is -0.347 e. The molecule has 2 heterocycles. The van der Waals surface area contributed by atoms with Gasteiger partial charge in [-0.25, -0.2) is 4.98 Å². The Labute approximate surface area is 170 Å². The van der Waals surface area contributed by atoms with Gasteiger partial charge >= 0.3 is 0 Å². The summed E-state index contributed by atoms with van der Waals surface area (Å²) in [5.74, 6) is -0.467. The second kappa shape index (κ2) is 8.27. The van der Waals surface area contributed by atoms with Gasteiger partial charge in [0.2, 0.25) is 0 Å². The molecule has 0 bridgehead atoms. The van der Waals surface area contributed by atoms with E-state index in [-0.39, 0.29) is 23.2 Å². The predicted molar refractivity (Wildman–Crippen MR) is 113 cm³/mol. The Morgan fingerprint density at radius 1 is 1.00 bits per heavy atom. The van der Waals surface area contributed by atoms with Crippen LogP contribution in [0.15, 0.2) is 66.7 Å². The Balaban J connectivity index is 1.50. The van der Waals surface area contributed by atoms with Crippen molar-refractivity contribution in [3.8, 4) is 0 Å². The fourth-order valence-corrected chi connectivity index (χ4v) is 3.66. The van der Waals surface area contributed by atoms with Gasteiger partial charge in [0, 0.05) is 18.8 Å². The van der Waals surface area contributed by atoms with E-state index in [2.05, 4.69) is 16.4 Å². The molecule has 0 unspecified atom stereocenters. The average molecular weight is 385 g/mol. The lowest BCUT2D eigenvalue weighted by Gasteiger charge is -2.29. The monoisotopic (exact) mass is 385 g/mol. The standard InChI is InChI=1S/C24H23N3O2/c1-17-7-4-8-18(15-17)16-25-23(28)20-11-5-12-21(26-20)24(29)27-14-6-10-19-9-2-3-13-22(19)27/h2-5,7-9,11-13,15H,6,10,14,16H2,1H3,(H,25,28). The highest BCUT2D eigenvalue weighted by Crippen LogP contribution is 2.27. The van der Waals surface area contributed by atoms with E-state index in [9.17, 15) is 9.59 Å². The van der Waals surface area contributed by atoms with E-state index in [1.807, 2.05) is 49.4 Å². The van der Waals surface area contributed by atoms with Crippen LogP contribution in [0.5, 0.6) is 0 Å². The van der Waals surface area contributed by atoms with E-state index in [1.54, 1.807) is 23.1 Å². The molecule has 0 radical (unpaired) electrons. The van der Waals surface area contributed by atoms with Crippen molar-refractivity contribution < 1.29 is 9.59 Å². The lowest BCUT2D eigenvalue weighted by Crippen LogP contribution is -2.36. The molecule has 0 atom stereocenters. The van der Waals surface area contributed by atoms with Crippen molar-refractivity contribution in [1.82, 2.24) is 10.3 Å². The molecule has 3 aromatic rings. The van der Waals surface area contributed by atoms with Crippen LogP contribution in [0.25, 0.3) is 0 Å². The number of carbonyl (C=O) groups is 2. The number of pyridine rings is 1. The van der Waals surface area contributed by atoms with Crippen molar-refractivity contribution in [3.05, 3.63) is 94.8 Å². The zero-order valence-corrected chi connectivity index (χ0v) is 16.4. The summed E-state index contributed by atoms with van der Waals surface area (Å²) in [5, 5.41) is 2.88. The van der Waals surface area contributed by atoms with Crippen molar-refractivity contribution in [2.45, 2.75) is 26.3 Å². The number of carbonyl (C=O) groups excluding carboxylic acids is 2. The Morgan fingerprint density at radius 2 is 1.79 bits per heavy atom. The predicted octanol–water partition coefficient (Wildman–Crippen LogP) is 3.91. The number of amides is 2.